The van der Waals surface area contributed by atoms with Gasteiger partial charge in [0.1, 0.15) is 17.4 Å². The number of carbonyl (C=O) groups excluding carboxylic acids is 1. The van der Waals surface area contributed by atoms with E-state index < -0.39 is 11.6 Å². The van der Waals surface area contributed by atoms with Gasteiger partial charge in [0.15, 0.2) is 6.10 Å². The molecule has 0 saturated heterocycles. The zero-order valence-electron chi connectivity index (χ0n) is 16.7. The highest BCUT2D eigenvalue weighted by atomic mass is 19.1. The summed E-state index contributed by atoms with van der Waals surface area (Å²) >= 11 is 0. The van der Waals surface area contributed by atoms with Crippen molar-refractivity contribution in [2.24, 2.45) is 11.1 Å². The smallest absolute Gasteiger partial charge is 0.225 e. The zero-order chi connectivity index (χ0) is 21.0. The third kappa shape index (κ3) is 5.10. The van der Waals surface area contributed by atoms with E-state index in [9.17, 15) is 13.6 Å². The van der Waals surface area contributed by atoms with Gasteiger partial charge in [0.05, 0.1) is 19.4 Å². The summed E-state index contributed by atoms with van der Waals surface area (Å²) in [5, 5.41) is 4.15. The van der Waals surface area contributed by atoms with E-state index in [1.807, 2.05) is 24.3 Å². The van der Waals surface area contributed by atoms with Crippen LogP contribution in [0.4, 0.5) is 8.78 Å². The first kappa shape index (κ1) is 20.8. The number of ether oxygens (including phenoxy) is 1. The molecule has 7 heteroatoms. The van der Waals surface area contributed by atoms with Crippen LogP contribution < -0.4 is 4.74 Å². The molecule has 1 amide bonds. The highest BCUT2D eigenvalue weighted by Gasteiger charge is 2.28. The number of amides is 1. The third-order valence-corrected chi connectivity index (χ3v) is 4.76. The Morgan fingerprint density at radius 3 is 2.59 bits per heavy atom. The van der Waals surface area contributed by atoms with E-state index in [-0.39, 0.29) is 36.6 Å². The molecule has 3 rings (SSSR count). The molecule has 0 aliphatic carbocycles. The van der Waals surface area contributed by atoms with E-state index in [0.717, 1.165) is 23.1 Å². The van der Waals surface area contributed by atoms with Crippen LogP contribution in [-0.2, 0) is 16.2 Å². The number of hydrogen-bond donors (Lipinski definition) is 0. The fourth-order valence-corrected chi connectivity index (χ4v) is 3.18. The number of nitrogens with zero attached hydrogens (tertiary/aromatic N) is 2. The molecule has 29 heavy (non-hydrogen) atoms. The first-order valence-corrected chi connectivity index (χ1v) is 9.47. The molecule has 154 valence electrons. The first-order chi connectivity index (χ1) is 13.9. The van der Waals surface area contributed by atoms with Crippen molar-refractivity contribution in [2.75, 3.05) is 13.7 Å². The van der Waals surface area contributed by atoms with Crippen molar-refractivity contribution < 1.29 is 23.1 Å². The van der Waals surface area contributed by atoms with Crippen LogP contribution in [0.3, 0.4) is 0 Å². The number of rotatable bonds is 7. The second kappa shape index (κ2) is 9.03. The fraction of sp³-hybridized carbons (Fsp3) is 0.364. The maximum absolute atomic E-state index is 14.1. The molecule has 0 radical (unpaired) electrons. The second-order valence-electron chi connectivity index (χ2n) is 7.31. The molecular formula is C22H24F2N2O3. The lowest BCUT2D eigenvalue weighted by molar-refractivity contribution is -0.137. The molecule has 0 saturated carbocycles. The lowest BCUT2D eigenvalue weighted by Crippen LogP contribution is -2.39. The maximum Gasteiger partial charge on any atom is 0.225 e. The van der Waals surface area contributed by atoms with Crippen molar-refractivity contribution in [2.45, 2.75) is 32.9 Å². The van der Waals surface area contributed by atoms with Gasteiger partial charge in [0.25, 0.3) is 0 Å². The topological polar surface area (TPSA) is 51.1 Å². The minimum Gasteiger partial charge on any atom is -0.497 e. The Balaban J connectivity index is 1.69. The average Bonchev–Trinajstić information content (AvgIpc) is 3.17. The molecule has 0 bridgehead atoms. The summed E-state index contributed by atoms with van der Waals surface area (Å²) in [5.41, 5.74) is 1.96. The van der Waals surface area contributed by atoms with Crippen molar-refractivity contribution in [3.8, 4) is 5.75 Å². The Kier molecular flexibility index (Phi) is 6.46. The van der Waals surface area contributed by atoms with Crippen LogP contribution in [-0.4, -0.2) is 36.3 Å². The molecule has 0 N–H and O–H groups in total. The lowest BCUT2D eigenvalue weighted by Gasteiger charge is -2.26. The Bertz CT molecular complexity index is 897. The van der Waals surface area contributed by atoms with Gasteiger partial charge in [-0.15, -0.1) is 0 Å². The average molecular weight is 402 g/mol. The molecule has 0 aromatic heterocycles. The zero-order valence-corrected chi connectivity index (χ0v) is 16.7. The van der Waals surface area contributed by atoms with Crippen molar-refractivity contribution in [1.82, 2.24) is 4.90 Å². The van der Waals surface area contributed by atoms with Gasteiger partial charge < -0.3 is 14.5 Å². The van der Waals surface area contributed by atoms with Crippen LogP contribution in [0.5, 0.6) is 5.75 Å². The Morgan fingerprint density at radius 2 is 1.97 bits per heavy atom. The van der Waals surface area contributed by atoms with E-state index in [1.54, 1.807) is 21.0 Å². The third-order valence-electron chi connectivity index (χ3n) is 4.76. The molecule has 2 aromatic carbocycles. The standard InChI is InChI=1S/C22H24F2N2O3/c1-14(2)22(27)26(12-16-4-7-17(23)10-20(16)24)13-19-11-21(25-29-19)15-5-8-18(28-3)9-6-15/h4-10,14,19H,11-13H2,1-3H3/t19-/m1/s1. The predicted octanol–water partition coefficient (Wildman–Crippen LogP) is 4.15. The van der Waals surface area contributed by atoms with Crippen molar-refractivity contribution >= 4 is 11.6 Å². The van der Waals surface area contributed by atoms with Crippen LogP contribution in [0.15, 0.2) is 47.6 Å². The number of benzene rings is 2. The van der Waals surface area contributed by atoms with Gasteiger partial charge in [0, 0.05) is 30.5 Å². The predicted molar refractivity (Wildman–Crippen MR) is 106 cm³/mol. The number of methoxy groups -OCH3 is 1. The molecule has 1 aliphatic rings. The number of oxime groups is 1. The van der Waals surface area contributed by atoms with E-state index in [2.05, 4.69) is 5.16 Å². The summed E-state index contributed by atoms with van der Waals surface area (Å²) in [7, 11) is 1.60. The van der Waals surface area contributed by atoms with Crippen LogP contribution in [0, 0.1) is 17.6 Å². The normalized spacial score (nSPS) is 15.8. The van der Waals surface area contributed by atoms with E-state index >= 15 is 0 Å². The van der Waals surface area contributed by atoms with Gasteiger partial charge in [-0.2, -0.15) is 0 Å². The quantitative estimate of drug-likeness (QED) is 0.699. The monoisotopic (exact) mass is 402 g/mol. The molecule has 0 fully saturated rings. The van der Waals surface area contributed by atoms with Crippen LogP contribution in [0.2, 0.25) is 0 Å². The van der Waals surface area contributed by atoms with Crippen LogP contribution in [0.1, 0.15) is 31.4 Å². The second-order valence-corrected chi connectivity index (χ2v) is 7.31. The minimum absolute atomic E-state index is 0.0425. The first-order valence-electron chi connectivity index (χ1n) is 9.47. The van der Waals surface area contributed by atoms with Gasteiger partial charge in [-0.25, -0.2) is 8.78 Å². The number of carbonyl (C=O) groups is 1. The molecule has 1 aliphatic heterocycles. The highest BCUT2D eigenvalue weighted by molar-refractivity contribution is 6.01. The molecule has 2 aromatic rings. The van der Waals surface area contributed by atoms with E-state index in [0.29, 0.717) is 6.42 Å². The van der Waals surface area contributed by atoms with E-state index in [1.165, 1.54) is 17.0 Å². The largest absolute Gasteiger partial charge is 0.497 e. The molecule has 5 nitrogen and oxygen atoms in total. The van der Waals surface area contributed by atoms with Crippen LogP contribution in [0.25, 0.3) is 0 Å². The molecule has 1 heterocycles. The van der Waals surface area contributed by atoms with Crippen molar-refractivity contribution in [1.29, 1.82) is 0 Å². The molecule has 1 atom stereocenters. The molecule has 0 spiro atoms. The van der Waals surface area contributed by atoms with Gasteiger partial charge in [-0.1, -0.05) is 25.1 Å². The summed E-state index contributed by atoms with van der Waals surface area (Å²) in [5.74, 6) is -0.962. The van der Waals surface area contributed by atoms with E-state index in [4.69, 9.17) is 9.57 Å². The summed E-state index contributed by atoms with van der Waals surface area (Å²) in [6.45, 7) is 3.87. The summed E-state index contributed by atoms with van der Waals surface area (Å²) < 4.78 is 32.4. The number of halogens is 2. The fourth-order valence-electron chi connectivity index (χ4n) is 3.18. The van der Waals surface area contributed by atoms with Gasteiger partial charge >= 0.3 is 0 Å². The summed E-state index contributed by atoms with van der Waals surface area (Å²) in [6, 6.07) is 10.9. The summed E-state index contributed by atoms with van der Waals surface area (Å²) in [4.78, 5) is 19.7. The van der Waals surface area contributed by atoms with Crippen LogP contribution >= 0.6 is 0 Å². The molecule has 0 unspecified atom stereocenters. The van der Waals surface area contributed by atoms with Crippen molar-refractivity contribution in [3.05, 3.63) is 65.2 Å². The van der Waals surface area contributed by atoms with Gasteiger partial charge in [-0.05, 0) is 35.9 Å². The Labute approximate surface area is 168 Å². The number of hydrogen-bond acceptors (Lipinski definition) is 4. The Hall–Kier alpha value is -2.96. The lowest BCUT2D eigenvalue weighted by atomic mass is 10.0. The SMILES string of the molecule is COc1ccc(C2=NO[C@@H](CN(Cc3ccc(F)cc3F)C(=O)C(C)C)C2)cc1. The Morgan fingerprint density at radius 1 is 1.24 bits per heavy atom. The van der Waals surface area contributed by atoms with Crippen molar-refractivity contribution in [3.63, 3.8) is 0 Å². The van der Waals surface area contributed by atoms with Gasteiger partial charge in [0.2, 0.25) is 5.91 Å². The maximum atomic E-state index is 14.1. The minimum atomic E-state index is -0.672. The molecular weight excluding hydrogens is 378 g/mol. The van der Waals surface area contributed by atoms with Gasteiger partial charge in [-0.3, -0.25) is 4.79 Å². The summed E-state index contributed by atoms with van der Waals surface area (Å²) in [6.07, 6.45) is 0.193. The highest BCUT2D eigenvalue weighted by Crippen LogP contribution is 2.22.